The van der Waals surface area contributed by atoms with Gasteiger partial charge >= 0.3 is 5.62 Å². The van der Waals surface area contributed by atoms with Gasteiger partial charge in [-0.3, -0.25) is 14.9 Å². The highest BCUT2D eigenvalue weighted by Crippen LogP contribution is 2.13. The number of aryl methyl sites for hydroxylation is 2. The smallest absolute Gasteiger partial charge is 0.358 e. The Labute approximate surface area is 155 Å². The summed E-state index contributed by atoms with van der Waals surface area (Å²) >= 11 is 0. The number of unbranched alkanes of at least 4 members (excludes halogenated alkanes) is 2. The number of rotatable bonds is 10. The lowest BCUT2D eigenvalue weighted by Gasteiger charge is -2.23. The summed E-state index contributed by atoms with van der Waals surface area (Å²) in [5, 5.41) is 44.1. The monoisotopic (exact) mass is 381 g/mol. The van der Waals surface area contributed by atoms with E-state index in [2.05, 4.69) is 15.3 Å². The Balaban J connectivity index is 1.64. The Hall–Kier alpha value is -2.99. The first-order valence-electron chi connectivity index (χ1n) is 8.56. The summed E-state index contributed by atoms with van der Waals surface area (Å²) in [6.45, 7) is 2.83. The van der Waals surface area contributed by atoms with Crippen molar-refractivity contribution in [2.45, 2.75) is 45.7 Å². The maximum absolute atomic E-state index is 11.9. The fourth-order valence-corrected chi connectivity index (χ4v) is 2.72. The lowest BCUT2D eigenvalue weighted by atomic mass is 10.2. The van der Waals surface area contributed by atoms with E-state index < -0.39 is 4.90 Å². The average molecular weight is 381 g/mol. The van der Waals surface area contributed by atoms with E-state index in [0.717, 1.165) is 12.8 Å². The number of hydrogen-bond acceptors (Lipinski definition) is 7. The van der Waals surface area contributed by atoms with Crippen LogP contribution in [0.25, 0.3) is 0 Å². The highest BCUT2D eigenvalue weighted by Gasteiger charge is 2.08. The van der Waals surface area contributed by atoms with E-state index in [4.69, 9.17) is 5.21 Å². The van der Waals surface area contributed by atoms with Crippen LogP contribution in [0.1, 0.15) is 31.5 Å². The molecule has 12 nitrogen and oxygen atoms in total. The molecular weight excluding hydrogens is 358 g/mol. The third-order valence-electron chi connectivity index (χ3n) is 4.10. The molecule has 0 aromatic carbocycles. The van der Waals surface area contributed by atoms with Gasteiger partial charge in [-0.1, -0.05) is 0 Å². The summed E-state index contributed by atoms with van der Waals surface area (Å²) in [6, 6.07) is 0. The standard InChI is InChI=1S/C15H23N7O5/c1-12-18-11-14(21(24)25)20(12)10-7-16-13(23)5-3-2-4-8-19-9-6-17-15(19)22(26)27/h6,9,11,17,24H,2-5,7-8,10H2,1H3,(H-,16,23,26,27)/q-2. The molecule has 0 aliphatic heterocycles. The molecule has 0 spiro atoms. The summed E-state index contributed by atoms with van der Waals surface area (Å²) in [5.41, 5.74) is -0.0542. The normalized spacial score (nSPS) is 10.8. The van der Waals surface area contributed by atoms with Crippen molar-refractivity contribution in [3.63, 3.8) is 0 Å². The maximum atomic E-state index is 11.9. The van der Waals surface area contributed by atoms with Gasteiger partial charge in [-0.2, -0.15) is 0 Å². The molecule has 2 aromatic rings. The molecular formula is C15H23N7O5-2. The first-order chi connectivity index (χ1) is 12.9. The van der Waals surface area contributed by atoms with Crippen LogP contribution in [-0.2, 0) is 17.9 Å². The van der Waals surface area contributed by atoms with Gasteiger partial charge in [0, 0.05) is 19.5 Å². The van der Waals surface area contributed by atoms with Crippen LogP contribution in [0.3, 0.4) is 0 Å². The van der Waals surface area contributed by atoms with Crippen LogP contribution in [0.15, 0.2) is 18.6 Å². The minimum Gasteiger partial charge on any atom is -0.744 e. The number of H-pyrrole nitrogens is 1. The van der Waals surface area contributed by atoms with Crippen LogP contribution in [-0.4, -0.2) is 36.8 Å². The zero-order valence-electron chi connectivity index (χ0n) is 15.0. The molecule has 0 saturated heterocycles. The number of carbonyl (C=O) groups is 1. The van der Waals surface area contributed by atoms with Gasteiger partial charge in [-0.25, -0.2) is 14.5 Å². The second-order valence-corrected chi connectivity index (χ2v) is 5.98. The number of imidazole rings is 2. The lowest BCUT2D eigenvalue weighted by molar-refractivity contribution is -0.121. The molecule has 3 N–H and O–H groups in total. The predicted molar refractivity (Wildman–Crippen MR) is 96.9 cm³/mol. The number of hydrogen-bond donors (Lipinski definition) is 3. The van der Waals surface area contributed by atoms with Crippen molar-refractivity contribution >= 4 is 11.7 Å². The average Bonchev–Trinajstić information content (AvgIpc) is 3.22. The van der Waals surface area contributed by atoms with Crippen LogP contribution >= 0.6 is 0 Å². The predicted octanol–water partition coefficient (Wildman–Crippen LogP) is 0.159. The minimum atomic E-state index is -0.469. The highest BCUT2D eigenvalue weighted by molar-refractivity contribution is 5.75. The topological polar surface area (TPSA) is 163 Å². The number of aromatic nitrogens is 4. The van der Waals surface area contributed by atoms with Gasteiger partial charge in [-0.05, 0) is 26.2 Å². The Kier molecular flexibility index (Phi) is 7.25. The Bertz CT molecular complexity index is 804. The van der Waals surface area contributed by atoms with Gasteiger partial charge in [0.1, 0.15) is 11.6 Å². The number of aromatic amines is 1. The van der Waals surface area contributed by atoms with Crippen molar-refractivity contribution in [3.05, 3.63) is 45.7 Å². The van der Waals surface area contributed by atoms with E-state index in [9.17, 15) is 20.4 Å². The van der Waals surface area contributed by atoms with E-state index in [1.165, 1.54) is 21.5 Å². The second-order valence-electron chi connectivity index (χ2n) is 5.98. The van der Waals surface area contributed by atoms with E-state index in [0.29, 0.717) is 38.3 Å². The van der Waals surface area contributed by atoms with E-state index in [1.54, 1.807) is 13.1 Å². The third kappa shape index (κ3) is 5.76. The molecule has 2 rings (SSSR count). The molecule has 150 valence electrons. The Morgan fingerprint density at radius 2 is 2.15 bits per heavy atom. The van der Waals surface area contributed by atoms with Gasteiger partial charge in [-0.15, -0.1) is 0 Å². The molecule has 0 fully saturated rings. The first-order valence-corrected chi connectivity index (χ1v) is 8.56. The molecule has 0 saturated carbocycles. The summed E-state index contributed by atoms with van der Waals surface area (Å²) in [5.74, 6) is 0.459. The molecule has 0 atom stereocenters. The van der Waals surface area contributed by atoms with Gasteiger partial charge in [0.15, 0.2) is 0 Å². The summed E-state index contributed by atoms with van der Waals surface area (Å²) in [6.07, 6.45) is 6.91. The van der Waals surface area contributed by atoms with Crippen LogP contribution in [0.4, 0.5) is 5.82 Å². The Morgan fingerprint density at radius 1 is 1.37 bits per heavy atom. The number of nitrogens with zero attached hydrogens (tertiary/aromatic N) is 5. The van der Waals surface area contributed by atoms with Gasteiger partial charge < -0.3 is 30.7 Å². The largest absolute Gasteiger partial charge is 0.744 e. The summed E-state index contributed by atoms with van der Waals surface area (Å²) in [4.78, 5) is 17.9. The van der Waals surface area contributed by atoms with Crippen molar-refractivity contribution in [1.82, 2.24) is 29.3 Å². The molecule has 0 bridgehead atoms. The van der Waals surface area contributed by atoms with Gasteiger partial charge in [0.25, 0.3) is 0 Å². The number of nitrogens with one attached hydrogen (secondary N) is 2. The number of amides is 1. The minimum absolute atomic E-state index is 0.0121. The molecule has 27 heavy (non-hydrogen) atoms. The lowest BCUT2D eigenvalue weighted by Crippen LogP contribution is -2.29. The van der Waals surface area contributed by atoms with Crippen molar-refractivity contribution in [3.8, 4) is 0 Å². The van der Waals surface area contributed by atoms with Crippen LogP contribution in [0, 0.1) is 22.5 Å². The van der Waals surface area contributed by atoms with Crippen LogP contribution < -0.4 is 21.1 Å². The molecule has 1 amide bonds. The number of anilines is 1. The zero-order chi connectivity index (χ0) is 19.8. The molecule has 2 aromatic heterocycles. The van der Waals surface area contributed by atoms with Crippen molar-refractivity contribution < 1.29 is 10.0 Å². The van der Waals surface area contributed by atoms with Gasteiger partial charge in [0.05, 0.1) is 25.1 Å². The third-order valence-corrected chi connectivity index (χ3v) is 4.10. The summed E-state index contributed by atoms with van der Waals surface area (Å²) < 4.78 is 3.04. The summed E-state index contributed by atoms with van der Waals surface area (Å²) in [7, 11) is 0. The van der Waals surface area contributed by atoms with E-state index in [-0.39, 0.29) is 22.6 Å². The fraction of sp³-hybridized carbons (Fsp3) is 0.533. The molecule has 0 unspecified atom stereocenters. The fourth-order valence-electron chi connectivity index (χ4n) is 2.72. The van der Waals surface area contributed by atoms with Crippen LogP contribution in [0.5, 0.6) is 0 Å². The first kappa shape index (κ1) is 20.3. The molecule has 0 aliphatic carbocycles. The quantitative estimate of drug-likeness (QED) is 0.390. The Morgan fingerprint density at radius 3 is 2.85 bits per heavy atom. The van der Waals surface area contributed by atoms with Crippen LogP contribution in [0.2, 0.25) is 0 Å². The van der Waals surface area contributed by atoms with E-state index in [1.807, 2.05) is 0 Å². The van der Waals surface area contributed by atoms with E-state index >= 15 is 0 Å². The molecule has 0 radical (unpaired) electrons. The maximum Gasteiger partial charge on any atom is 0.358 e. The van der Waals surface area contributed by atoms with Crippen molar-refractivity contribution in [2.24, 2.45) is 0 Å². The highest BCUT2D eigenvalue weighted by atomic mass is 16.8. The SMILES string of the molecule is Cc1ncc(N([O-])O)n1CCNC(=O)CCCCCn1cc[nH]c1=[N+]([O-])[O-]. The second kappa shape index (κ2) is 9.64. The number of carbonyl (C=O) groups excluding carboxylic acids is 1. The van der Waals surface area contributed by atoms with Gasteiger partial charge in [0.2, 0.25) is 5.91 Å². The molecule has 0 aliphatic rings. The van der Waals surface area contributed by atoms with Crippen molar-refractivity contribution in [2.75, 3.05) is 11.8 Å². The van der Waals surface area contributed by atoms with Crippen molar-refractivity contribution in [1.29, 1.82) is 0 Å². The molecule has 12 heteroatoms. The molecule has 2 heterocycles. The zero-order valence-corrected chi connectivity index (χ0v) is 15.0.